The van der Waals surface area contributed by atoms with Gasteiger partial charge in [-0.1, -0.05) is 30.3 Å². The molecule has 1 atom stereocenters. The first-order valence-corrected chi connectivity index (χ1v) is 7.12. The molecule has 0 aliphatic carbocycles. The van der Waals surface area contributed by atoms with E-state index in [9.17, 15) is 9.18 Å². The molecule has 4 nitrogen and oxygen atoms in total. The van der Waals surface area contributed by atoms with Gasteiger partial charge in [-0.3, -0.25) is 4.79 Å². The van der Waals surface area contributed by atoms with Crippen LogP contribution < -0.4 is 14.8 Å². The number of para-hydroxylation sites is 2. The molecule has 2 aromatic carbocycles. The van der Waals surface area contributed by atoms with Crippen LogP contribution in [0, 0.1) is 5.82 Å². The van der Waals surface area contributed by atoms with Gasteiger partial charge in [-0.15, -0.1) is 0 Å². The molecule has 0 spiro atoms. The second-order valence-corrected chi connectivity index (χ2v) is 5.01. The van der Waals surface area contributed by atoms with Gasteiger partial charge in [0, 0.05) is 12.0 Å². The molecule has 1 heterocycles. The van der Waals surface area contributed by atoms with Crippen LogP contribution in [-0.2, 0) is 4.79 Å². The van der Waals surface area contributed by atoms with Crippen LogP contribution in [0.1, 0.15) is 18.0 Å². The van der Waals surface area contributed by atoms with Gasteiger partial charge in [-0.25, -0.2) is 4.39 Å². The summed E-state index contributed by atoms with van der Waals surface area (Å²) in [5.74, 6) is 0.0933. The standard InChI is InChI=1S/C17H16FNO3/c18-13-6-2-4-8-16(13)22-11-17(20)19-14-9-10-21-15-7-3-1-5-12(14)15/h1-8,14H,9-11H2,(H,19,20). The Kier molecular flexibility index (Phi) is 4.23. The maximum absolute atomic E-state index is 13.4. The SMILES string of the molecule is O=C(COc1ccccc1F)NC1CCOc2ccccc21. The third-order valence-corrected chi connectivity index (χ3v) is 3.49. The van der Waals surface area contributed by atoms with Crippen LogP contribution in [-0.4, -0.2) is 19.1 Å². The third kappa shape index (κ3) is 3.19. The molecule has 1 amide bonds. The van der Waals surface area contributed by atoms with E-state index < -0.39 is 5.82 Å². The van der Waals surface area contributed by atoms with Crippen molar-refractivity contribution in [3.05, 3.63) is 59.9 Å². The van der Waals surface area contributed by atoms with Crippen LogP contribution in [0.4, 0.5) is 4.39 Å². The molecule has 0 fully saturated rings. The molecule has 5 heteroatoms. The van der Waals surface area contributed by atoms with Crippen LogP contribution in [0.3, 0.4) is 0 Å². The molecule has 0 saturated heterocycles. The van der Waals surface area contributed by atoms with Crippen LogP contribution in [0.25, 0.3) is 0 Å². The Hall–Kier alpha value is -2.56. The number of hydrogen-bond donors (Lipinski definition) is 1. The molecule has 3 rings (SSSR count). The zero-order chi connectivity index (χ0) is 15.4. The second-order valence-electron chi connectivity index (χ2n) is 5.01. The Labute approximate surface area is 127 Å². The van der Waals surface area contributed by atoms with E-state index in [4.69, 9.17) is 9.47 Å². The van der Waals surface area contributed by atoms with Crippen molar-refractivity contribution >= 4 is 5.91 Å². The Morgan fingerprint density at radius 2 is 2.00 bits per heavy atom. The molecule has 0 bridgehead atoms. The van der Waals surface area contributed by atoms with Crippen molar-refractivity contribution in [3.63, 3.8) is 0 Å². The summed E-state index contributed by atoms with van der Waals surface area (Å²) >= 11 is 0. The van der Waals surface area contributed by atoms with Crippen molar-refractivity contribution in [1.82, 2.24) is 5.32 Å². The largest absolute Gasteiger partial charge is 0.493 e. The van der Waals surface area contributed by atoms with Crippen LogP contribution >= 0.6 is 0 Å². The normalized spacial score (nSPS) is 16.3. The molecule has 1 N–H and O–H groups in total. The Morgan fingerprint density at radius 3 is 2.86 bits per heavy atom. The first-order valence-electron chi connectivity index (χ1n) is 7.12. The minimum Gasteiger partial charge on any atom is -0.493 e. The summed E-state index contributed by atoms with van der Waals surface area (Å²) < 4.78 is 24.2. The van der Waals surface area contributed by atoms with Gasteiger partial charge in [0.25, 0.3) is 5.91 Å². The van der Waals surface area contributed by atoms with Crippen molar-refractivity contribution in [2.75, 3.05) is 13.2 Å². The van der Waals surface area contributed by atoms with Crippen molar-refractivity contribution in [2.45, 2.75) is 12.5 Å². The predicted octanol–water partition coefficient (Wildman–Crippen LogP) is 2.84. The monoisotopic (exact) mass is 301 g/mol. The van der Waals surface area contributed by atoms with Crippen molar-refractivity contribution in [1.29, 1.82) is 0 Å². The van der Waals surface area contributed by atoms with Gasteiger partial charge in [0.2, 0.25) is 0 Å². The lowest BCUT2D eigenvalue weighted by Gasteiger charge is -2.26. The number of amides is 1. The lowest BCUT2D eigenvalue weighted by Crippen LogP contribution is -2.35. The van der Waals surface area contributed by atoms with Crippen molar-refractivity contribution in [3.8, 4) is 11.5 Å². The van der Waals surface area contributed by atoms with Gasteiger partial charge in [-0.2, -0.15) is 0 Å². The maximum atomic E-state index is 13.4. The molecule has 114 valence electrons. The van der Waals surface area contributed by atoms with Gasteiger partial charge >= 0.3 is 0 Å². The number of halogens is 1. The van der Waals surface area contributed by atoms with E-state index in [0.29, 0.717) is 13.0 Å². The zero-order valence-corrected chi connectivity index (χ0v) is 11.9. The van der Waals surface area contributed by atoms with Crippen LogP contribution in [0.15, 0.2) is 48.5 Å². The Balaban J connectivity index is 1.60. The third-order valence-electron chi connectivity index (χ3n) is 3.49. The quantitative estimate of drug-likeness (QED) is 0.944. The number of nitrogens with one attached hydrogen (secondary N) is 1. The first kappa shape index (κ1) is 14.4. The second kappa shape index (κ2) is 6.47. The molecular weight excluding hydrogens is 285 g/mol. The van der Waals surface area contributed by atoms with Gasteiger partial charge in [0.1, 0.15) is 5.75 Å². The molecule has 1 aliphatic heterocycles. The number of carbonyl (C=O) groups is 1. The summed E-state index contributed by atoms with van der Waals surface area (Å²) in [4.78, 5) is 12.0. The van der Waals surface area contributed by atoms with E-state index in [0.717, 1.165) is 11.3 Å². The van der Waals surface area contributed by atoms with E-state index in [1.807, 2.05) is 24.3 Å². The average molecular weight is 301 g/mol. The summed E-state index contributed by atoms with van der Waals surface area (Å²) in [7, 11) is 0. The fourth-order valence-corrected chi connectivity index (χ4v) is 2.43. The van der Waals surface area contributed by atoms with Gasteiger partial charge < -0.3 is 14.8 Å². The number of benzene rings is 2. The first-order chi connectivity index (χ1) is 10.7. The number of fused-ring (bicyclic) bond motifs is 1. The fraction of sp³-hybridized carbons (Fsp3) is 0.235. The smallest absolute Gasteiger partial charge is 0.258 e. The molecule has 1 unspecified atom stereocenters. The maximum Gasteiger partial charge on any atom is 0.258 e. The lowest BCUT2D eigenvalue weighted by molar-refractivity contribution is -0.124. The Bertz CT molecular complexity index is 674. The van der Waals surface area contributed by atoms with Crippen molar-refractivity contribution in [2.24, 2.45) is 0 Å². The van der Waals surface area contributed by atoms with E-state index >= 15 is 0 Å². The number of carbonyl (C=O) groups excluding carboxylic acids is 1. The van der Waals surface area contributed by atoms with Gasteiger partial charge in [0.05, 0.1) is 12.6 Å². The summed E-state index contributed by atoms with van der Waals surface area (Å²) in [5.41, 5.74) is 0.952. The molecule has 0 radical (unpaired) electrons. The van der Waals surface area contributed by atoms with Gasteiger partial charge in [-0.05, 0) is 18.2 Å². The fourth-order valence-electron chi connectivity index (χ4n) is 2.43. The van der Waals surface area contributed by atoms with E-state index in [1.165, 1.54) is 12.1 Å². The highest BCUT2D eigenvalue weighted by atomic mass is 19.1. The summed E-state index contributed by atoms with van der Waals surface area (Å²) in [6, 6.07) is 13.5. The van der Waals surface area contributed by atoms with Crippen LogP contribution in [0.2, 0.25) is 0 Å². The lowest BCUT2D eigenvalue weighted by atomic mass is 10.0. The molecule has 1 aliphatic rings. The minimum absolute atomic E-state index is 0.0741. The van der Waals surface area contributed by atoms with Crippen molar-refractivity contribution < 1.29 is 18.7 Å². The van der Waals surface area contributed by atoms with E-state index in [-0.39, 0.29) is 24.3 Å². The summed E-state index contributed by atoms with van der Waals surface area (Å²) in [6.07, 6.45) is 0.697. The molecule has 22 heavy (non-hydrogen) atoms. The van der Waals surface area contributed by atoms with Crippen LogP contribution in [0.5, 0.6) is 11.5 Å². The topological polar surface area (TPSA) is 47.6 Å². The molecule has 2 aromatic rings. The highest BCUT2D eigenvalue weighted by Crippen LogP contribution is 2.31. The highest BCUT2D eigenvalue weighted by molar-refractivity contribution is 5.78. The molecular formula is C17H16FNO3. The number of hydrogen-bond acceptors (Lipinski definition) is 3. The summed E-state index contributed by atoms with van der Waals surface area (Å²) in [6.45, 7) is 0.330. The average Bonchev–Trinajstić information content (AvgIpc) is 2.54. The van der Waals surface area contributed by atoms with E-state index in [1.54, 1.807) is 12.1 Å². The minimum atomic E-state index is -0.480. The molecule has 0 aromatic heterocycles. The zero-order valence-electron chi connectivity index (χ0n) is 11.9. The van der Waals surface area contributed by atoms with Gasteiger partial charge in [0.15, 0.2) is 18.2 Å². The Morgan fingerprint density at radius 1 is 1.23 bits per heavy atom. The summed E-state index contributed by atoms with van der Waals surface area (Å²) in [5, 5.41) is 2.90. The number of rotatable bonds is 4. The van der Waals surface area contributed by atoms with E-state index in [2.05, 4.69) is 5.32 Å². The number of ether oxygens (including phenoxy) is 2. The highest BCUT2D eigenvalue weighted by Gasteiger charge is 2.22. The predicted molar refractivity (Wildman–Crippen MR) is 79.3 cm³/mol. The molecule has 0 saturated carbocycles.